The molecule has 0 radical (unpaired) electrons. The first kappa shape index (κ1) is 18.1. The quantitative estimate of drug-likeness (QED) is 0.765. The summed E-state index contributed by atoms with van der Waals surface area (Å²) >= 11 is 1.71. The minimum absolute atomic E-state index is 0.0245. The molecule has 27 heavy (non-hydrogen) atoms. The fourth-order valence-electron chi connectivity index (χ4n) is 3.39. The summed E-state index contributed by atoms with van der Waals surface area (Å²) in [6.45, 7) is 2.92. The van der Waals surface area contributed by atoms with Crippen LogP contribution in [0.4, 0.5) is 0 Å². The Morgan fingerprint density at radius 1 is 1.04 bits per heavy atom. The number of amides is 2. The van der Waals surface area contributed by atoms with Gasteiger partial charge in [0.1, 0.15) is 11.4 Å². The second kappa shape index (κ2) is 7.06. The van der Waals surface area contributed by atoms with Gasteiger partial charge in [-0.3, -0.25) is 14.5 Å². The molecule has 1 saturated heterocycles. The van der Waals surface area contributed by atoms with Crippen molar-refractivity contribution in [2.75, 3.05) is 32.7 Å². The van der Waals surface area contributed by atoms with Gasteiger partial charge in [-0.2, -0.15) is 0 Å². The van der Waals surface area contributed by atoms with E-state index in [1.54, 1.807) is 28.4 Å². The molecule has 4 rings (SSSR count). The van der Waals surface area contributed by atoms with Gasteiger partial charge in [-0.05, 0) is 23.6 Å². The average Bonchev–Trinajstić information content (AvgIpc) is 3.24. The first-order chi connectivity index (χ1) is 13.0. The molecular weight excluding hydrogens is 386 g/mol. The minimum atomic E-state index is -3.95. The minimum Gasteiger partial charge on any atom is -0.339 e. The third-order valence-electron chi connectivity index (χ3n) is 4.88. The van der Waals surface area contributed by atoms with E-state index in [4.69, 9.17) is 0 Å². The van der Waals surface area contributed by atoms with E-state index in [-0.39, 0.29) is 16.4 Å². The summed E-state index contributed by atoms with van der Waals surface area (Å²) in [6.07, 6.45) is 0. The molecule has 0 spiro atoms. The number of benzene rings is 1. The van der Waals surface area contributed by atoms with E-state index >= 15 is 0 Å². The number of carbonyl (C=O) groups excluding carboxylic acids is 2. The van der Waals surface area contributed by atoms with Crippen LogP contribution in [0.25, 0.3) is 0 Å². The summed E-state index contributed by atoms with van der Waals surface area (Å²) in [4.78, 5) is 30.2. The van der Waals surface area contributed by atoms with Gasteiger partial charge in [0.25, 0.3) is 15.9 Å². The molecule has 0 aliphatic carbocycles. The number of thiophene rings is 1. The Hall–Kier alpha value is -2.23. The normalized spacial score (nSPS) is 19.3. The third kappa shape index (κ3) is 3.38. The lowest BCUT2D eigenvalue weighted by Gasteiger charge is -2.35. The SMILES string of the molecule is O=C(CN1C(=O)c2ccccc2S1(=O)=O)N1CCN(Cc2cccs2)CC1. The van der Waals surface area contributed by atoms with Gasteiger partial charge in [-0.15, -0.1) is 11.3 Å². The predicted molar refractivity (Wildman–Crippen MR) is 101 cm³/mol. The van der Waals surface area contributed by atoms with Crippen molar-refractivity contribution < 1.29 is 18.0 Å². The highest BCUT2D eigenvalue weighted by Crippen LogP contribution is 2.29. The van der Waals surface area contributed by atoms with Gasteiger partial charge in [-0.1, -0.05) is 18.2 Å². The number of rotatable bonds is 4. The zero-order valence-corrected chi connectivity index (χ0v) is 16.2. The first-order valence-electron chi connectivity index (χ1n) is 8.65. The first-order valence-corrected chi connectivity index (χ1v) is 11.0. The topological polar surface area (TPSA) is 78.0 Å². The molecule has 1 aromatic carbocycles. The van der Waals surface area contributed by atoms with Crippen molar-refractivity contribution in [2.24, 2.45) is 0 Å². The standard InChI is InChI=1S/C18H19N3O4S2/c22-17(20-9-7-19(8-10-20)12-14-4-3-11-26-14)13-21-18(23)15-5-1-2-6-16(15)27(21,24)25/h1-6,11H,7-10,12-13H2. The molecule has 1 fully saturated rings. The molecule has 2 aromatic rings. The average molecular weight is 406 g/mol. The van der Waals surface area contributed by atoms with Gasteiger partial charge in [0.15, 0.2) is 0 Å². The highest BCUT2D eigenvalue weighted by atomic mass is 32.2. The van der Waals surface area contributed by atoms with Gasteiger partial charge in [0.05, 0.1) is 5.56 Å². The van der Waals surface area contributed by atoms with Crippen LogP contribution in [0.1, 0.15) is 15.2 Å². The van der Waals surface area contributed by atoms with E-state index in [0.29, 0.717) is 17.4 Å². The molecule has 2 aliphatic rings. The lowest BCUT2D eigenvalue weighted by Crippen LogP contribution is -2.51. The predicted octanol–water partition coefficient (Wildman–Crippen LogP) is 1.24. The molecule has 9 heteroatoms. The monoisotopic (exact) mass is 405 g/mol. The van der Waals surface area contributed by atoms with E-state index in [9.17, 15) is 18.0 Å². The molecule has 1 aromatic heterocycles. The van der Waals surface area contributed by atoms with E-state index in [1.165, 1.54) is 17.0 Å². The molecule has 7 nitrogen and oxygen atoms in total. The molecule has 0 unspecified atom stereocenters. The number of sulfonamides is 1. The number of piperazine rings is 1. The van der Waals surface area contributed by atoms with Gasteiger partial charge in [0, 0.05) is 37.6 Å². The Morgan fingerprint density at radius 2 is 1.78 bits per heavy atom. The summed E-state index contributed by atoms with van der Waals surface area (Å²) in [7, 11) is -3.95. The van der Waals surface area contributed by atoms with E-state index in [1.807, 2.05) is 11.4 Å². The smallest absolute Gasteiger partial charge is 0.269 e. The summed E-state index contributed by atoms with van der Waals surface area (Å²) in [5.41, 5.74) is 0.131. The van der Waals surface area contributed by atoms with Crippen LogP contribution in [0.3, 0.4) is 0 Å². The van der Waals surface area contributed by atoms with Crippen LogP contribution < -0.4 is 0 Å². The highest BCUT2D eigenvalue weighted by Gasteiger charge is 2.42. The maximum Gasteiger partial charge on any atom is 0.269 e. The fourth-order valence-corrected chi connectivity index (χ4v) is 5.65. The number of nitrogens with zero attached hydrogens (tertiary/aromatic N) is 3. The molecule has 2 aliphatic heterocycles. The molecule has 0 bridgehead atoms. The largest absolute Gasteiger partial charge is 0.339 e. The second-order valence-corrected chi connectivity index (χ2v) is 9.41. The van der Waals surface area contributed by atoms with Crippen molar-refractivity contribution in [1.82, 2.24) is 14.1 Å². The van der Waals surface area contributed by atoms with Crippen LogP contribution in [0.5, 0.6) is 0 Å². The maximum atomic E-state index is 12.6. The van der Waals surface area contributed by atoms with Crippen molar-refractivity contribution in [3.8, 4) is 0 Å². The number of fused-ring (bicyclic) bond motifs is 1. The van der Waals surface area contributed by atoms with Crippen molar-refractivity contribution in [1.29, 1.82) is 0 Å². The van der Waals surface area contributed by atoms with Crippen LogP contribution in [-0.2, 0) is 21.4 Å². The van der Waals surface area contributed by atoms with Crippen molar-refractivity contribution in [3.63, 3.8) is 0 Å². The second-order valence-electron chi connectivity index (χ2n) is 6.55. The summed E-state index contributed by atoms with van der Waals surface area (Å²) < 4.78 is 25.8. The van der Waals surface area contributed by atoms with Gasteiger partial charge in [-0.25, -0.2) is 12.7 Å². The van der Waals surface area contributed by atoms with Crippen LogP contribution >= 0.6 is 11.3 Å². The van der Waals surface area contributed by atoms with E-state index in [2.05, 4.69) is 11.0 Å². The van der Waals surface area contributed by atoms with Gasteiger partial charge < -0.3 is 4.90 Å². The van der Waals surface area contributed by atoms with Gasteiger partial charge >= 0.3 is 0 Å². The lowest BCUT2D eigenvalue weighted by molar-refractivity contribution is -0.132. The molecular formula is C18H19N3O4S2. The Bertz CT molecular complexity index is 964. The maximum absolute atomic E-state index is 12.6. The number of hydrogen-bond acceptors (Lipinski definition) is 6. The number of carbonyl (C=O) groups is 2. The summed E-state index contributed by atoms with van der Waals surface area (Å²) in [5, 5.41) is 2.04. The molecule has 2 amide bonds. The van der Waals surface area contributed by atoms with Crippen LogP contribution in [-0.4, -0.2) is 67.1 Å². The molecule has 0 N–H and O–H groups in total. The van der Waals surface area contributed by atoms with Crippen molar-refractivity contribution in [2.45, 2.75) is 11.4 Å². The third-order valence-corrected chi connectivity index (χ3v) is 7.52. The van der Waals surface area contributed by atoms with E-state index < -0.39 is 22.5 Å². The Kier molecular flexibility index (Phi) is 4.75. The van der Waals surface area contributed by atoms with Crippen LogP contribution in [0, 0.1) is 0 Å². The lowest BCUT2D eigenvalue weighted by atomic mass is 10.2. The highest BCUT2D eigenvalue weighted by molar-refractivity contribution is 7.90. The number of hydrogen-bond donors (Lipinski definition) is 0. The molecule has 0 saturated carbocycles. The Morgan fingerprint density at radius 3 is 2.44 bits per heavy atom. The summed E-state index contributed by atoms with van der Waals surface area (Å²) in [6, 6.07) is 10.2. The molecule has 142 valence electrons. The zero-order chi connectivity index (χ0) is 19.0. The van der Waals surface area contributed by atoms with Crippen LogP contribution in [0.15, 0.2) is 46.7 Å². The van der Waals surface area contributed by atoms with Crippen molar-refractivity contribution >= 4 is 33.2 Å². The van der Waals surface area contributed by atoms with E-state index in [0.717, 1.165) is 19.6 Å². The molecule has 3 heterocycles. The fraction of sp³-hybridized carbons (Fsp3) is 0.333. The zero-order valence-electron chi connectivity index (χ0n) is 14.6. The molecule has 0 atom stereocenters. The van der Waals surface area contributed by atoms with Gasteiger partial charge in [0.2, 0.25) is 5.91 Å². The van der Waals surface area contributed by atoms with Crippen LogP contribution in [0.2, 0.25) is 0 Å². The Balaban J connectivity index is 1.38. The summed E-state index contributed by atoms with van der Waals surface area (Å²) in [5.74, 6) is -0.967. The Labute approximate surface area is 161 Å². The van der Waals surface area contributed by atoms with Crippen molar-refractivity contribution in [3.05, 3.63) is 52.2 Å².